The summed E-state index contributed by atoms with van der Waals surface area (Å²) >= 11 is 5.71. The largest absolute Gasteiger partial charge is 0.458 e. The molecule has 0 radical (unpaired) electrons. The number of amides is 2. The lowest BCUT2D eigenvalue weighted by atomic mass is 10.1. The molecule has 21 heavy (non-hydrogen) atoms. The number of hydrogen-bond acceptors (Lipinski definition) is 5. The highest BCUT2D eigenvalue weighted by Gasteiger charge is 2.25. The van der Waals surface area contributed by atoms with Crippen molar-refractivity contribution in [3.63, 3.8) is 0 Å². The molecule has 7 nitrogen and oxygen atoms in total. The maximum Gasteiger partial charge on any atom is 0.316 e. The Morgan fingerprint density at radius 1 is 1.48 bits per heavy atom. The number of piperidine rings is 1. The number of hydrogen-bond donors (Lipinski definition) is 1. The molecule has 0 saturated carbocycles. The van der Waals surface area contributed by atoms with E-state index in [1.807, 2.05) is 0 Å². The zero-order chi connectivity index (χ0) is 15.2. The number of ether oxygens (including phenoxy) is 1. The molecule has 0 spiro atoms. The van der Waals surface area contributed by atoms with Gasteiger partial charge in [-0.1, -0.05) is 11.6 Å². The third kappa shape index (κ3) is 4.86. The number of nitrogens with one attached hydrogen (secondary N) is 1. The third-order valence-electron chi connectivity index (χ3n) is 3.09. The molecule has 1 unspecified atom stereocenters. The van der Waals surface area contributed by atoms with Crippen LogP contribution in [0, 0.1) is 0 Å². The minimum absolute atomic E-state index is 0.0134. The van der Waals surface area contributed by atoms with E-state index in [1.54, 1.807) is 4.90 Å². The van der Waals surface area contributed by atoms with Crippen LogP contribution in [0.2, 0.25) is 5.02 Å². The van der Waals surface area contributed by atoms with Gasteiger partial charge in [-0.3, -0.25) is 9.59 Å². The quantitative estimate of drug-likeness (QED) is 0.882. The van der Waals surface area contributed by atoms with Gasteiger partial charge in [-0.2, -0.15) is 0 Å². The number of rotatable bonds is 4. The number of likely N-dealkylation sites (tertiary alicyclic amines) is 1. The molecule has 1 aromatic heterocycles. The lowest BCUT2D eigenvalue weighted by Gasteiger charge is -2.32. The van der Waals surface area contributed by atoms with E-state index in [9.17, 15) is 9.59 Å². The normalized spacial score (nSPS) is 18.2. The van der Waals surface area contributed by atoms with Gasteiger partial charge in [0.2, 0.25) is 11.8 Å². The van der Waals surface area contributed by atoms with Crippen LogP contribution in [-0.4, -0.2) is 52.4 Å². The molecule has 1 atom stereocenters. The van der Waals surface area contributed by atoms with Gasteiger partial charge >= 0.3 is 6.01 Å². The van der Waals surface area contributed by atoms with E-state index in [4.69, 9.17) is 16.3 Å². The van der Waals surface area contributed by atoms with E-state index in [0.29, 0.717) is 18.1 Å². The standard InChI is InChI=1S/C13H17ClN4O3/c1-9(19)15-7-12(20)18-4-2-3-11(8-18)21-13-16-5-10(14)6-17-13/h5-6,11H,2-4,7-8H2,1H3,(H,15,19). The molecule has 2 amide bonds. The third-order valence-corrected chi connectivity index (χ3v) is 3.28. The van der Waals surface area contributed by atoms with Crippen LogP contribution in [0.4, 0.5) is 0 Å². The second-order valence-corrected chi connectivity index (χ2v) is 5.25. The van der Waals surface area contributed by atoms with Crippen LogP contribution in [0.15, 0.2) is 12.4 Å². The van der Waals surface area contributed by atoms with Crippen molar-refractivity contribution in [3.05, 3.63) is 17.4 Å². The fourth-order valence-corrected chi connectivity index (χ4v) is 2.18. The smallest absolute Gasteiger partial charge is 0.316 e. The number of carbonyl (C=O) groups is 2. The summed E-state index contributed by atoms with van der Waals surface area (Å²) in [7, 11) is 0. The summed E-state index contributed by atoms with van der Waals surface area (Å²) in [5, 5.41) is 2.95. The van der Waals surface area contributed by atoms with Crippen LogP contribution in [0.5, 0.6) is 6.01 Å². The van der Waals surface area contributed by atoms with Crippen LogP contribution in [0.3, 0.4) is 0 Å². The first-order valence-electron chi connectivity index (χ1n) is 6.71. The molecular weight excluding hydrogens is 296 g/mol. The van der Waals surface area contributed by atoms with Crippen molar-refractivity contribution in [3.8, 4) is 6.01 Å². The second-order valence-electron chi connectivity index (χ2n) is 4.82. The maximum atomic E-state index is 12.0. The Bertz CT molecular complexity index is 509. The highest BCUT2D eigenvalue weighted by molar-refractivity contribution is 6.30. The summed E-state index contributed by atoms with van der Waals surface area (Å²) in [6, 6.07) is 0.251. The van der Waals surface area contributed by atoms with E-state index in [2.05, 4.69) is 15.3 Å². The molecule has 1 fully saturated rings. The van der Waals surface area contributed by atoms with Crippen LogP contribution >= 0.6 is 11.6 Å². The van der Waals surface area contributed by atoms with E-state index in [-0.39, 0.29) is 30.5 Å². The Morgan fingerprint density at radius 2 is 2.19 bits per heavy atom. The number of halogens is 1. The first kappa shape index (κ1) is 15.5. The molecule has 0 bridgehead atoms. The summed E-state index contributed by atoms with van der Waals surface area (Å²) in [6.07, 6.45) is 4.44. The molecule has 1 aromatic rings. The van der Waals surface area contributed by atoms with E-state index in [1.165, 1.54) is 19.3 Å². The fraction of sp³-hybridized carbons (Fsp3) is 0.538. The molecule has 1 N–H and O–H groups in total. The van der Waals surface area contributed by atoms with E-state index in [0.717, 1.165) is 12.8 Å². The maximum absolute atomic E-state index is 12.0. The van der Waals surface area contributed by atoms with E-state index < -0.39 is 0 Å². The minimum Gasteiger partial charge on any atom is -0.458 e. The Kier molecular flexibility index (Phi) is 5.32. The van der Waals surface area contributed by atoms with Crippen LogP contribution in [0.1, 0.15) is 19.8 Å². The molecule has 2 heterocycles. The molecule has 0 aromatic carbocycles. The predicted molar refractivity (Wildman–Crippen MR) is 76.0 cm³/mol. The highest BCUT2D eigenvalue weighted by Crippen LogP contribution is 2.16. The van der Waals surface area contributed by atoms with Gasteiger partial charge in [0.05, 0.1) is 30.5 Å². The van der Waals surface area contributed by atoms with Gasteiger partial charge in [0.15, 0.2) is 0 Å². The van der Waals surface area contributed by atoms with Crippen LogP contribution < -0.4 is 10.1 Å². The Hall–Kier alpha value is -1.89. The molecule has 1 aliphatic heterocycles. The van der Waals surface area contributed by atoms with Crippen LogP contribution in [-0.2, 0) is 9.59 Å². The number of carbonyl (C=O) groups excluding carboxylic acids is 2. The summed E-state index contributed by atoms with van der Waals surface area (Å²) in [5.41, 5.74) is 0. The lowest BCUT2D eigenvalue weighted by Crippen LogP contribution is -2.47. The lowest BCUT2D eigenvalue weighted by molar-refractivity contribution is -0.134. The topological polar surface area (TPSA) is 84.4 Å². The summed E-state index contributed by atoms with van der Waals surface area (Å²) in [5.74, 6) is -0.335. The van der Waals surface area contributed by atoms with Gasteiger partial charge in [-0.05, 0) is 12.8 Å². The van der Waals surface area contributed by atoms with Gasteiger partial charge < -0.3 is 15.0 Å². The van der Waals surface area contributed by atoms with Gasteiger partial charge in [0.25, 0.3) is 0 Å². The number of aromatic nitrogens is 2. The second kappa shape index (κ2) is 7.21. The first-order valence-corrected chi connectivity index (χ1v) is 7.09. The molecular formula is C13H17ClN4O3. The Morgan fingerprint density at radius 3 is 2.86 bits per heavy atom. The molecule has 8 heteroatoms. The average molecular weight is 313 g/mol. The first-order chi connectivity index (χ1) is 10.0. The van der Waals surface area contributed by atoms with Crippen LogP contribution in [0.25, 0.3) is 0 Å². The minimum atomic E-state index is -0.220. The Labute approximate surface area is 127 Å². The number of nitrogens with zero attached hydrogens (tertiary/aromatic N) is 3. The zero-order valence-corrected chi connectivity index (χ0v) is 12.5. The van der Waals surface area contributed by atoms with Crippen molar-refractivity contribution >= 4 is 23.4 Å². The van der Waals surface area contributed by atoms with E-state index >= 15 is 0 Å². The van der Waals surface area contributed by atoms with Gasteiger partial charge in [0.1, 0.15) is 6.10 Å². The van der Waals surface area contributed by atoms with Gasteiger partial charge in [0, 0.05) is 13.5 Å². The predicted octanol–water partition coefficient (Wildman–Crippen LogP) is 0.636. The molecule has 0 aliphatic carbocycles. The van der Waals surface area contributed by atoms with Crippen molar-refractivity contribution in [2.45, 2.75) is 25.9 Å². The summed E-state index contributed by atoms with van der Waals surface area (Å²) in [6.45, 7) is 2.52. The van der Waals surface area contributed by atoms with Crippen molar-refractivity contribution < 1.29 is 14.3 Å². The van der Waals surface area contributed by atoms with Crippen molar-refractivity contribution in [2.75, 3.05) is 19.6 Å². The average Bonchev–Trinajstić information content (AvgIpc) is 2.47. The SMILES string of the molecule is CC(=O)NCC(=O)N1CCCC(Oc2ncc(Cl)cn2)C1. The van der Waals surface area contributed by atoms with Crippen molar-refractivity contribution in [1.82, 2.24) is 20.2 Å². The zero-order valence-electron chi connectivity index (χ0n) is 11.7. The fourth-order valence-electron chi connectivity index (χ4n) is 2.08. The molecule has 2 rings (SSSR count). The van der Waals surface area contributed by atoms with Gasteiger partial charge in [-0.25, -0.2) is 9.97 Å². The summed E-state index contributed by atoms with van der Waals surface area (Å²) < 4.78 is 5.65. The van der Waals surface area contributed by atoms with Crippen molar-refractivity contribution in [1.29, 1.82) is 0 Å². The molecule has 1 aliphatic rings. The molecule has 114 valence electrons. The Balaban J connectivity index is 1.86. The highest BCUT2D eigenvalue weighted by atomic mass is 35.5. The van der Waals surface area contributed by atoms with Gasteiger partial charge in [-0.15, -0.1) is 0 Å². The van der Waals surface area contributed by atoms with Crippen molar-refractivity contribution in [2.24, 2.45) is 0 Å². The monoisotopic (exact) mass is 312 g/mol. The summed E-state index contributed by atoms with van der Waals surface area (Å²) in [4.78, 5) is 32.4. The molecule has 1 saturated heterocycles.